The maximum Gasteiger partial charge on any atom is 0.343 e. The molecule has 0 N–H and O–H groups in total. The van der Waals surface area contributed by atoms with Crippen LogP contribution in [0.4, 0.5) is 0 Å². The van der Waals surface area contributed by atoms with Crippen LogP contribution in [-0.2, 0) is 19.8 Å². The summed E-state index contributed by atoms with van der Waals surface area (Å²) in [5.41, 5.74) is 6.12. The highest BCUT2D eigenvalue weighted by molar-refractivity contribution is 6.11. The molecule has 0 saturated heterocycles. The fourth-order valence-corrected chi connectivity index (χ4v) is 7.66. The van der Waals surface area contributed by atoms with Crippen LogP contribution in [0.2, 0.25) is 0 Å². The van der Waals surface area contributed by atoms with E-state index in [4.69, 9.17) is 28.4 Å². The smallest absolute Gasteiger partial charge is 0.343 e. The Balaban J connectivity index is 1.08. The van der Waals surface area contributed by atoms with Crippen molar-refractivity contribution < 1.29 is 42.8 Å². The van der Waals surface area contributed by atoms with Crippen LogP contribution in [0.5, 0.6) is 34.5 Å². The van der Waals surface area contributed by atoms with Crippen LogP contribution < -0.4 is 28.4 Å². The summed E-state index contributed by atoms with van der Waals surface area (Å²) in [6, 6.07) is 56.9. The molecule has 0 aliphatic carbocycles. The number of carbonyl (C=O) groups excluding carboxylic acids is 3. The Bertz CT molecular complexity index is 3290. The minimum absolute atomic E-state index is 0.0397. The Morgan fingerprint density at radius 2 is 0.735 bits per heavy atom. The summed E-state index contributed by atoms with van der Waals surface area (Å²) in [7, 11) is 0. The molecule has 0 aliphatic heterocycles. The van der Waals surface area contributed by atoms with Gasteiger partial charge in [0.1, 0.15) is 42.8 Å². The molecule has 9 heteroatoms. The molecule has 0 spiro atoms. The first-order valence-electron chi connectivity index (χ1n) is 22.1. The van der Waals surface area contributed by atoms with E-state index in [0.717, 1.165) is 33.4 Å². The van der Waals surface area contributed by atoms with E-state index in [0.29, 0.717) is 58.6 Å². The van der Waals surface area contributed by atoms with E-state index in [9.17, 15) is 14.4 Å². The Morgan fingerprint density at radius 3 is 1.19 bits per heavy atom. The summed E-state index contributed by atoms with van der Waals surface area (Å²) in [5, 5.41) is 2.08. The minimum Gasteiger partial charge on any atom is -0.489 e. The lowest BCUT2D eigenvalue weighted by atomic mass is 10.0. The third-order valence-corrected chi connectivity index (χ3v) is 11.5. The zero-order valence-corrected chi connectivity index (χ0v) is 37.7. The van der Waals surface area contributed by atoms with Gasteiger partial charge >= 0.3 is 17.9 Å². The Morgan fingerprint density at radius 1 is 0.338 bits per heavy atom. The normalized spacial score (nSPS) is 10.9. The van der Waals surface area contributed by atoms with Crippen LogP contribution in [-0.4, -0.2) is 17.9 Å². The molecule has 0 aliphatic rings. The van der Waals surface area contributed by atoms with Gasteiger partial charge in [-0.15, -0.1) is 0 Å². The molecular weight excluding hydrogens is 853 g/mol. The summed E-state index contributed by atoms with van der Waals surface area (Å²) in [6.45, 7) is 6.61. The first-order valence-corrected chi connectivity index (χ1v) is 22.1. The molecule has 0 atom stereocenters. The van der Waals surface area contributed by atoms with Gasteiger partial charge in [-0.05, 0) is 114 Å². The van der Waals surface area contributed by atoms with E-state index in [-0.39, 0.29) is 33.9 Å². The lowest BCUT2D eigenvalue weighted by Gasteiger charge is -2.18. The predicted octanol–water partition coefficient (Wildman–Crippen LogP) is 13.3. The fraction of sp³-hybridized carbons (Fsp3) is 0.102. The van der Waals surface area contributed by atoms with Gasteiger partial charge in [-0.2, -0.15) is 0 Å². The highest BCUT2D eigenvalue weighted by Gasteiger charge is 2.25. The van der Waals surface area contributed by atoms with E-state index < -0.39 is 17.9 Å². The molecule has 0 saturated carbocycles. The SMILES string of the molecule is Cc1ccc(C(=O)Oc2ccc3c(OC(=O)c4ccc(C)c(OCc5ccccc5)c4)c4ccccc4cc3c2OC(=O)c2ccc(C)c(OCc3ccccc3)c2)cc1OCc1ccccc1. The molecule has 0 radical (unpaired) electrons. The monoisotopic (exact) mass is 898 g/mol. The van der Waals surface area contributed by atoms with Gasteiger partial charge in [0.2, 0.25) is 0 Å². The number of fused-ring (bicyclic) bond motifs is 2. The number of esters is 3. The van der Waals surface area contributed by atoms with Gasteiger partial charge in [0, 0.05) is 16.2 Å². The fourth-order valence-electron chi connectivity index (χ4n) is 7.66. The molecule has 0 unspecified atom stereocenters. The zero-order chi connectivity index (χ0) is 47.0. The molecule has 0 heterocycles. The third kappa shape index (κ3) is 10.2. The van der Waals surface area contributed by atoms with E-state index >= 15 is 0 Å². The second kappa shape index (κ2) is 20.2. The highest BCUT2D eigenvalue weighted by atomic mass is 16.6. The molecule has 0 aromatic heterocycles. The minimum atomic E-state index is -0.735. The molecule has 0 fully saturated rings. The van der Waals surface area contributed by atoms with Gasteiger partial charge in [-0.3, -0.25) is 0 Å². The Hall–Kier alpha value is -8.69. The van der Waals surface area contributed by atoms with Gasteiger partial charge in [0.25, 0.3) is 0 Å². The number of hydrogen-bond acceptors (Lipinski definition) is 9. The standard InChI is InChI=1S/C59H46O9/c1-38-23-26-45(32-52(38)63-35-41-15-7-4-8-16-41)57(60)66-51-30-29-49-50(56(51)68-59(62)47-28-25-40(3)54(34-47)65-37-43-19-11-6-12-20-43)31-44-21-13-14-22-48(44)55(49)67-58(61)46-27-24-39(2)53(33-46)64-36-42-17-9-5-10-18-42/h4-34H,35-37H2,1-3H3. The molecule has 9 aromatic carbocycles. The van der Waals surface area contributed by atoms with E-state index in [1.54, 1.807) is 54.6 Å². The van der Waals surface area contributed by atoms with Crippen molar-refractivity contribution in [2.75, 3.05) is 0 Å². The lowest BCUT2D eigenvalue weighted by molar-refractivity contribution is 0.0684. The number of ether oxygens (including phenoxy) is 6. The first-order chi connectivity index (χ1) is 33.2. The zero-order valence-electron chi connectivity index (χ0n) is 37.7. The number of rotatable bonds is 15. The molecule has 0 amide bonds. The maximum absolute atomic E-state index is 14.4. The molecular formula is C59H46O9. The second-order valence-electron chi connectivity index (χ2n) is 16.3. The number of hydrogen-bond donors (Lipinski definition) is 0. The summed E-state index contributed by atoms with van der Waals surface area (Å²) < 4.78 is 37.2. The summed E-state index contributed by atoms with van der Waals surface area (Å²) in [4.78, 5) is 42.7. The summed E-state index contributed by atoms with van der Waals surface area (Å²) >= 11 is 0. The van der Waals surface area contributed by atoms with Crippen molar-refractivity contribution >= 4 is 39.5 Å². The van der Waals surface area contributed by atoms with Gasteiger partial charge < -0.3 is 28.4 Å². The van der Waals surface area contributed by atoms with Crippen LogP contribution >= 0.6 is 0 Å². The van der Waals surface area contributed by atoms with Crippen molar-refractivity contribution in [1.29, 1.82) is 0 Å². The molecule has 9 rings (SSSR count). The number of carbonyl (C=O) groups is 3. The lowest BCUT2D eigenvalue weighted by Crippen LogP contribution is -2.14. The van der Waals surface area contributed by atoms with Crippen LogP contribution in [0.3, 0.4) is 0 Å². The summed E-state index contributed by atoms with van der Waals surface area (Å²) in [6.07, 6.45) is 0. The van der Waals surface area contributed by atoms with Crippen molar-refractivity contribution in [3.8, 4) is 34.5 Å². The van der Waals surface area contributed by atoms with Crippen LogP contribution in [0.25, 0.3) is 21.5 Å². The van der Waals surface area contributed by atoms with Gasteiger partial charge in [-0.25, -0.2) is 14.4 Å². The second-order valence-corrected chi connectivity index (χ2v) is 16.3. The molecule has 0 bridgehead atoms. The molecule has 9 aromatic rings. The topological polar surface area (TPSA) is 107 Å². The third-order valence-electron chi connectivity index (χ3n) is 11.5. The van der Waals surface area contributed by atoms with Gasteiger partial charge in [0.15, 0.2) is 11.5 Å². The van der Waals surface area contributed by atoms with E-state index in [1.807, 2.05) is 148 Å². The van der Waals surface area contributed by atoms with Gasteiger partial charge in [0.05, 0.1) is 16.7 Å². The number of aryl methyl sites for hydroxylation is 3. The van der Waals surface area contributed by atoms with Crippen molar-refractivity contribution in [3.05, 3.63) is 238 Å². The number of benzene rings is 9. The van der Waals surface area contributed by atoms with Crippen molar-refractivity contribution in [3.63, 3.8) is 0 Å². The van der Waals surface area contributed by atoms with Gasteiger partial charge in [-0.1, -0.05) is 133 Å². The summed E-state index contributed by atoms with van der Waals surface area (Å²) in [5.74, 6) is -0.402. The largest absolute Gasteiger partial charge is 0.489 e. The van der Waals surface area contributed by atoms with Crippen molar-refractivity contribution in [2.45, 2.75) is 40.6 Å². The van der Waals surface area contributed by atoms with Crippen LogP contribution in [0.15, 0.2) is 188 Å². The van der Waals surface area contributed by atoms with Crippen LogP contribution in [0.1, 0.15) is 64.5 Å². The van der Waals surface area contributed by atoms with Crippen molar-refractivity contribution in [1.82, 2.24) is 0 Å². The van der Waals surface area contributed by atoms with Crippen molar-refractivity contribution in [2.24, 2.45) is 0 Å². The predicted molar refractivity (Wildman–Crippen MR) is 262 cm³/mol. The van der Waals surface area contributed by atoms with E-state index in [2.05, 4.69) is 0 Å². The first kappa shape index (κ1) is 44.5. The van der Waals surface area contributed by atoms with E-state index in [1.165, 1.54) is 6.07 Å². The average Bonchev–Trinajstić information content (AvgIpc) is 3.37. The van der Waals surface area contributed by atoms with Crippen LogP contribution in [0, 0.1) is 20.8 Å². The molecule has 68 heavy (non-hydrogen) atoms. The molecule has 336 valence electrons. The highest BCUT2D eigenvalue weighted by Crippen LogP contribution is 2.44. The Kier molecular flexibility index (Phi) is 13.2. The Labute approximate surface area is 394 Å². The maximum atomic E-state index is 14.4. The quantitative estimate of drug-likeness (QED) is 0.0565. The molecule has 9 nitrogen and oxygen atoms in total. The average molecular weight is 899 g/mol.